The Bertz CT molecular complexity index is 556. The van der Waals surface area contributed by atoms with Gasteiger partial charge in [0.1, 0.15) is 5.82 Å². The summed E-state index contributed by atoms with van der Waals surface area (Å²) in [6.45, 7) is 7.11. The zero-order chi connectivity index (χ0) is 17.4. The molecule has 0 aromatic carbocycles. The van der Waals surface area contributed by atoms with Crippen molar-refractivity contribution in [1.82, 2.24) is 9.97 Å². The van der Waals surface area contributed by atoms with Crippen LogP contribution in [0.25, 0.3) is 0 Å². The lowest BCUT2D eigenvalue weighted by Crippen LogP contribution is -2.30. The molecule has 1 fully saturated rings. The lowest BCUT2D eigenvalue weighted by molar-refractivity contribution is 0.0346. The van der Waals surface area contributed by atoms with Gasteiger partial charge < -0.3 is 21.1 Å². The fraction of sp³-hybridized carbons (Fsp3) is 0.588. The van der Waals surface area contributed by atoms with Crippen molar-refractivity contribution in [3.05, 3.63) is 24.4 Å². The maximum Gasteiger partial charge on any atom is 0.254 e. The highest BCUT2D eigenvalue weighted by Crippen LogP contribution is 2.24. The average molecular weight is 333 g/mol. The minimum absolute atomic E-state index is 0.296. The molecule has 0 radical (unpaired) electrons. The molecule has 0 saturated heterocycles. The molecule has 7 nitrogen and oxygen atoms in total. The fourth-order valence-corrected chi connectivity index (χ4v) is 2.85. The maximum atomic E-state index is 11.5. The number of hydrogen-bond donors (Lipinski definition) is 3. The summed E-state index contributed by atoms with van der Waals surface area (Å²) in [7, 11) is 0. The van der Waals surface area contributed by atoms with Gasteiger partial charge in [0.15, 0.2) is 0 Å². The van der Waals surface area contributed by atoms with Crippen LogP contribution in [0.5, 0.6) is 0 Å². The van der Waals surface area contributed by atoms with Crippen LogP contribution in [-0.2, 0) is 4.74 Å². The van der Waals surface area contributed by atoms with Gasteiger partial charge in [0, 0.05) is 25.4 Å². The first-order valence-electron chi connectivity index (χ1n) is 8.53. The average Bonchev–Trinajstić information content (AvgIpc) is 2.57. The van der Waals surface area contributed by atoms with Crippen LogP contribution in [0.1, 0.15) is 49.4 Å². The normalized spacial score (nSPS) is 20.4. The predicted octanol–water partition coefficient (Wildman–Crippen LogP) is 2.32. The molecule has 1 aliphatic carbocycles. The zero-order valence-electron chi connectivity index (χ0n) is 14.3. The number of nitrogens with zero attached hydrogens (tertiary/aromatic N) is 2. The Morgan fingerprint density at radius 3 is 2.83 bits per heavy atom. The third-order valence-electron chi connectivity index (χ3n) is 4.10. The van der Waals surface area contributed by atoms with Gasteiger partial charge >= 0.3 is 0 Å². The fourth-order valence-electron chi connectivity index (χ4n) is 2.85. The van der Waals surface area contributed by atoms with E-state index in [-0.39, 0.29) is 0 Å². The van der Waals surface area contributed by atoms with Gasteiger partial charge in [-0.3, -0.25) is 4.79 Å². The highest BCUT2D eigenvalue weighted by molar-refractivity contribution is 5.97. The monoisotopic (exact) mass is 333 g/mol. The van der Waals surface area contributed by atoms with E-state index in [1.54, 1.807) is 6.08 Å². The molecule has 0 aliphatic heterocycles. The van der Waals surface area contributed by atoms with Crippen molar-refractivity contribution >= 4 is 17.7 Å². The van der Waals surface area contributed by atoms with Crippen LogP contribution in [0.15, 0.2) is 18.9 Å². The van der Waals surface area contributed by atoms with E-state index in [1.807, 2.05) is 6.92 Å². The summed E-state index contributed by atoms with van der Waals surface area (Å²) in [5.74, 6) is 0.436. The summed E-state index contributed by atoms with van der Waals surface area (Å²) < 4.78 is 5.67. The molecule has 1 amide bonds. The molecule has 0 spiro atoms. The summed E-state index contributed by atoms with van der Waals surface area (Å²) in [6.07, 6.45) is 8.52. The highest BCUT2D eigenvalue weighted by Gasteiger charge is 2.22. The summed E-state index contributed by atoms with van der Waals surface area (Å²) in [5.41, 5.74) is 5.68. The van der Waals surface area contributed by atoms with E-state index in [4.69, 9.17) is 10.5 Å². The van der Waals surface area contributed by atoms with Gasteiger partial charge in [-0.25, -0.2) is 4.98 Å². The SMILES string of the molecule is C=CCCNc1nc(N[C@H]2CC[C@H](OCC)CC2)ncc1C(N)=O. The van der Waals surface area contributed by atoms with Crippen LogP contribution in [0.4, 0.5) is 11.8 Å². The predicted molar refractivity (Wildman–Crippen MR) is 95.1 cm³/mol. The van der Waals surface area contributed by atoms with Crippen LogP contribution in [0.2, 0.25) is 0 Å². The minimum Gasteiger partial charge on any atom is -0.379 e. The number of nitrogens with two attached hydrogens (primary N) is 1. The van der Waals surface area contributed by atoms with E-state index in [1.165, 1.54) is 6.20 Å². The molecule has 1 aromatic rings. The number of primary amides is 1. The molecular weight excluding hydrogens is 306 g/mol. The highest BCUT2D eigenvalue weighted by atomic mass is 16.5. The summed E-state index contributed by atoms with van der Waals surface area (Å²) in [5, 5.41) is 6.46. The van der Waals surface area contributed by atoms with Gasteiger partial charge in [0.2, 0.25) is 5.95 Å². The summed E-state index contributed by atoms with van der Waals surface area (Å²) in [6, 6.07) is 0.321. The van der Waals surface area contributed by atoms with Gasteiger partial charge in [0.05, 0.1) is 11.7 Å². The number of rotatable bonds is 9. The molecule has 4 N–H and O–H groups in total. The Balaban J connectivity index is 1.98. The first-order valence-corrected chi connectivity index (χ1v) is 8.53. The van der Waals surface area contributed by atoms with Crippen LogP contribution >= 0.6 is 0 Å². The topological polar surface area (TPSA) is 102 Å². The van der Waals surface area contributed by atoms with Crippen molar-refractivity contribution in [2.75, 3.05) is 23.8 Å². The number of carbonyl (C=O) groups excluding carboxylic acids is 1. The van der Waals surface area contributed by atoms with Crippen molar-refractivity contribution in [1.29, 1.82) is 0 Å². The number of carbonyl (C=O) groups is 1. The molecule has 0 bridgehead atoms. The molecule has 1 heterocycles. The molecule has 0 atom stereocenters. The van der Waals surface area contributed by atoms with E-state index < -0.39 is 5.91 Å². The Morgan fingerprint density at radius 1 is 1.46 bits per heavy atom. The summed E-state index contributed by atoms with van der Waals surface area (Å²) in [4.78, 5) is 20.1. The summed E-state index contributed by atoms with van der Waals surface area (Å²) >= 11 is 0. The number of hydrogen-bond acceptors (Lipinski definition) is 6. The number of amides is 1. The van der Waals surface area contributed by atoms with Crippen LogP contribution in [-0.4, -0.2) is 41.2 Å². The molecule has 2 rings (SSSR count). The molecule has 7 heteroatoms. The number of nitrogens with one attached hydrogen (secondary N) is 2. The zero-order valence-corrected chi connectivity index (χ0v) is 14.3. The van der Waals surface area contributed by atoms with Gasteiger partial charge in [0.25, 0.3) is 5.91 Å². The Hall–Kier alpha value is -2.15. The first kappa shape index (κ1) is 18.2. The standard InChI is InChI=1S/C17H27N5O2/c1-3-5-10-19-16-14(15(18)23)11-20-17(22-16)21-12-6-8-13(9-7-12)24-4-2/h3,11-13H,1,4-10H2,2H3,(H2,18,23)(H2,19,20,21,22)/t12-,13-. The smallest absolute Gasteiger partial charge is 0.254 e. The van der Waals surface area contributed by atoms with Gasteiger partial charge in [-0.05, 0) is 39.0 Å². The lowest BCUT2D eigenvalue weighted by atomic mass is 9.93. The van der Waals surface area contributed by atoms with E-state index >= 15 is 0 Å². The molecule has 0 unspecified atom stereocenters. The Morgan fingerprint density at radius 2 is 2.21 bits per heavy atom. The van der Waals surface area contributed by atoms with E-state index in [0.717, 1.165) is 38.7 Å². The number of ether oxygens (including phenoxy) is 1. The van der Waals surface area contributed by atoms with Crippen LogP contribution in [0.3, 0.4) is 0 Å². The van der Waals surface area contributed by atoms with Crippen molar-refractivity contribution < 1.29 is 9.53 Å². The molecule has 132 valence electrons. The number of anilines is 2. The molecular formula is C17H27N5O2. The van der Waals surface area contributed by atoms with Gasteiger partial charge in [-0.1, -0.05) is 6.08 Å². The first-order chi connectivity index (χ1) is 11.6. The van der Waals surface area contributed by atoms with Crippen LogP contribution < -0.4 is 16.4 Å². The van der Waals surface area contributed by atoms with E-state index in [0.29, 0.717) is 36.0 Å². The third kappa shape index (κ3) is 5.19. The molecule has 24 heavy (non-hydrogen) atoms. The molecule has 1 aromatic heterocycles. The Kier molecular flexibility index (Phi) is 6.99. The molecule has 1 aliphatic rings. The van der Waals surface area contributed by atoms with Gasteiger partial charge in [-0.15, -0.1) is 6.58 Å². The minimum atomic E-state index is -0.542. The van der Waals surface area contributed by atoms with Gasteiger partial charge in [-0.2, -0.15) is 4.98 Å². The van der Waals surface area contributed by atoms with Crippen molar-refractivity contribution in [2.24, 2.45) is 5.73 Å². The molecule has 1 saturated carbocycles. The third-order valence-corrected chi connectivity index (χ3v) is 4.10. The van der Waals surface area contributed by atoms with Crippen LogP contribution in [0, 0.1) is 0 Å². The lowest BCUT2D eigenvalue weighted by Gasteiger charge is -2.29. The second kappa shape index (κ2) is 9.22. The second-order valence-corrected chi connectivity index (χ2v) is 5.90. The Labute approximate surface area is 143 Å². The second-order valence-electron chi connectivity index (χ2n) is 5.90. The van der Waals surface area contributed by atoms with E-state index in [2.05, 4.69) is 27.2 Å². The maximum absolute atomic E-state index is 11.5. The largest absolute Gasteiger partial charge is 0.379 e. The van der Waals surface area contributed by atoms with Crippen molar-refractivity contribution in [2.45, 2.75) is 51.2 Å². The number of aromatic nitrogens is 2. The van der Waals surface area contributed by atoms with E-state index in [9.17, 15) is 4.79 Å². The quantitative estimate of drug-likeness (QED) is 0.473. The van der Waals surface area contributed by atoms with Crippen molar-refractivity contribution in [3.8, 4) is 0 Å². The van der Waals surface area contributed by atoms with Crippen molar-refractivity contribution in [3.63, 3.8) is 0 Å².